The Hall–Kier alpha value is -3.43. The predicted molar refractivity (Wildman–Crippen MR) is 144 cm³/mol. The summed E-state index contributed by atoms with van der Waals surface area (Å²) in [6.45, 7) is 6.25. The lowest BCUT2D eigenvalue weighted by molar-refractivity contribution is -0.119. The highest BCUT2D eigenvalue weighted by atomic mass is 35.5. The molecule has 8 nitrogen and oxygen atoms in total. The van der Waals surface area contributed by atoms with Gasteiger partial charge in [0, 0.05) is 11.6 Å². The van der Waals surface area contributed by atoms with Crippen molar-refractivity contribution in [1.29, 1.82) is 0 Å². The molecular weight excluding hydrogens is 516 g/mol. The molecule has 37 heavy (non-hydrogen) atoms. The molecule has 10 heteroatoms. The van der Waals surface area contributed by atoms with E-state index in [1.807, 2.05) is 26.8 Å². The number of halogens is 1. The number of anilines is 1. The number of hydrogen-bond donors (Lipinski definition) is 1. The Kier molecular flexibility index (Phi) is 9.66. The number of hydrogen-bond acceptors (Lipinski definition) is 6. The molecule has 0 heterocycles. The second-order valence-electron chi connectivity index (χ2n) is 8.06. The van der Waals surface area contributed by atoms with Crippen molar-refractivity contribution >= 4 is 33.2 Å². The Bertz CT molecular complexity index is 1330. The number of ether oxygens (including phenoxy) is 3. The highest BCUT2D eigenvalue weighted by Crippen LogP contribution is 2.35. The minimum Gasteiger partial charge on any atom is -0.495 e. The maximum absolute atomic E-state index is 13.7. The molecule has 0 saturated carbocycles. The van der Waals surface area contributed by atoms with E-state index in [9.17, 15) is 13.2 Å². The van der Waals surface area contributed by atoms with Crippen LogP contribution in [0.2, 0.25) is 5.02 Å². The standard InChI is InChI=1S/C27H31ClN2O6S/c1-5-35-25-13-9-20(15-26(25)36-6-2)17-29-27(31)18-30(23-16-21(28)10-14-24(23)34-4)37(32,33)22-11-7-19(3)8-12-22/h7-16H,5-6,17-18H2,1-4H3,(H,29,31). The van der Waals surface area contributed by atoms with E-state index in [-0.39, 0.29) is 22.9 Å². The maximum atomic E-state index is 13.7. The van der Waals surface area contributed by atoms with Crippen LogP contribution >= 0.6 is 11.6 Å². The average Bonchev–Trinajstić information content (AvgIpc) is 2.87. The summed E-state index contributed by atoms with van der Waals surface area (Å²) in [6, 6.07) is 16.4. The Balaban J connectivity index is 1.88. The molecule has 0 atom stereocenters. The van der Waals surface area contributed by atoms with Crippen molar-refractivity contribution in [3.8, 4) is 17.2 Å². The lowest BCUT2D eigenvalue weighted by Crippen LogP contribution is -2.40. The number of carbonyl (C=O) groups excluding carboxylic acids is 1. The van der Waals surface area contributed by atoms with Crippen LogP contribution in [-0.2, 0) is 21.4 Å². The molecule has 198 valence electrons. The Morgan fingerprint density at radius 3 is 2.22 bits per heavy atom. The molecule has 0 aliphatic heterocycles. The van der Waals surface area contributed by atoms with Gasteiger partial charge in [-0.1, -0.05) is 35.4 Å². The molecule has 1 amide bonds. The van der Waals surface area contributed by atoms with Gasteiger partial charge in [-0.3, -0.25) is 9.10 Å². The predicted octanol–water partition coefficient (Wildman–Crippen LogP) is 4.97. The van der Waals surface area contributed by atoms with Gasteiger partial charge < -0.3 is 19.5 Å². The minimum absolute atomic E-state index is 0.0424. The second kappa shape index (κ2) is 12.7. The molecule has 0 unspecified atom stereocenters. The van der Waals surface area contributed by atoms with Gasteiger partial charge in [0.2, 0.25) is 5.91 Å². The van der Waals surface area contributed by atoms with Crippen LogP contribution in [0.25, 0.3) is 0 Å². The number of nitrogens with one attached hydrogen (secondary N) is 1. The summed E-state index contributed by atoms with van der Waals surface area (Å²) in [6.07, 6.45) is 0. The van der Waals surface area contributed by atoms with E-state index in [1.54, 1.807) is 36.4 Å². The van der Waals surface area contributed by atoms with Crippen LogP contribution in [0, 0.1) is 6.92 Å². The van der Waals surface area contributed by atoms with Gasteiger partial charge in [-0.15, -0.1) is 0 Å². The molecule has 0 radical (unpaired) electrons. The van der Waals surface area contributed by atoms with Gasteiger partial charge >= 0.3 is 0 Å². The SMILES string of the molecule is CCOc1ccc(CNC(=O)CN(c2cc(Cl)ccc2OC)S(=O)(=O)c2ccc(C)cc2)cc1OCC. The van der Waals surface area contributed by atoms with Crippen LogP contribution in [0.15, 0.2) is 65.6 Å². The third-order valence-electron chi connectivity index (χ3n) is 5.40. The van der Waals surface area contributed by atoms with Gasteiger partial charge in [0.15, 0.2) is 11.5 Å². The molecule has 3 aromatic rings. The number of methoxy groups -OCH3 is 1. The first-order valence-electron chi connectivity index (χ1n) is 11.8. The summed E-state index contributed by atoms with van der Waals surface area (Å²) in [5.74, 6) is 0.941. The van der Waals surface area contributed by atoms with Crippen LogP contribution in [-0.4, -0.2) is 41.2 Å². The molecule has 0 fully saturated rings. The van der Waals surface area contributed by atoms with Crippen LogP contribution < -0.4 is 23.8 Å². The molecule has 3 aromatic carbocycles. The fourth-order valence-corrected chi connectivity index (χ4v) is 5.18. The number of benzene rings is 3. The third-order valence-corrected chi connectivity index (χ3v) is 7.41. The van der Waals surface area contributed by atoms with Crippen LogP contribution in [0.5, 0.6) is 17.2 Å². The summed E-state index contributed by atoms with van der Waals surface area (Å²) in [7, 11) is -2.70. The van der Waals surface area contributed by atoms with Crippen molar-refractivity contribution < 1.29 is 27.4 Å². The molecular formula is C27H31ClN2O6S. The van der Waals surface area contributed by atoms with Crippen molar-refractivity contribution in [3.63, 3.8) is 0 Å². The van der Waals surface area contributed by atoms with E-state index in [4.69, 9.17) is 25.8 Å². The van der Waals surface area contributed by atoms with E-state index < -0.39 is 22.5 Å². The van der Waals surface area contributed by atoms with E-state index in [2.05, 4.69) is 5.32 Å². The quantitative estimate of drug-likeness (QED) is 0.345. The van der Waals surface area contributed by atoms with E-state index in [0.29, 0.717) is 29.7 Å². The Morgan fingerprint density at radius 2 is 1.57 bits per heavy atom. The first-order valence-corrected chi connectivity index (χ1v) is 13.6. The van der Waals surface area contributed by atoms with E-state index in [1.165, 1.54) is 25.3 Å². The first kappa shape index (κ1) is 28.1. The molecule has 0 aliphatic rings. The normalized spacial score (nSPS) is 11.1. The first-order chi connectivity index (χ1) is 17.7. The fourth-order valence-electron chi connectivity index (χ4n) is 3.59. The number of rotatable bonds is 12. The lowest BCUT2D eigenvalue weighted by atomic mass is 10.2. The molecule has 0 bridgehead atoms. The topological polar surface area (TPSA) is 94.2 Å². The third kappa shape index (κ3) is 7.08. The monoisotopic (exact) mass is 546 g/mol. The van der Waals surface area contributed by atoms with Crippen molar-refractivity contribution in [3.05, 3.63) is 76.8 Å². The minimum atomic E-state index is -4.13. The van der Waals surface area contributed by atoms with Crippen molar-refractivity contribution in [2.24, 2.45) is 0 Å². The highest BCUT2D eigenvalue weighted by molar-refractivity contribution is 7.92. The zero-order valence-corrected chi connectivity index (χ0v) is 22.9. The number of sulfonamides is 1. The summed E-state index contributed by atoms with van der Waals surface area (Å²) >= 11 is 6.19. The summed E-state index contributed by atoms with van der Waals surface area (Å²) in [5, 5.41) is 3.09. The molecule has 0 saturated heterocycles. The van der Waals surface area contributed by atoms with Crippen LogP contribution in [0.4, 0.5) is 5.69 Å². The van der Waals surface area contributed by atoms with Gasteiger partial charge in [-0.05, 0) is 68.8 Å². The fraction of sp³-hybridized carbons (Fsp3) is 0.296. The van der Waals surface area contributed by atoms with Crippen molar-refractivity contribution in [1.82, 2.24) is 5.32 Å². The van der Waals surface area contributed by atoms with Crippen LogP contribution in [0.1, 0.15) is 25.0 Å². The Morgan fingerprint density at radius 1 is 0.919 bits per heavy atom. The average molecular weight is 547 g/mol. The van der Waals surface area contributed by atoms with Crippen molar-refractivity contribution in [2.75, 3.05) is 31.2 Å². The summed E-state index contributed by atoms with van der Waals surface area (Å²) < 4.78 is 44.9. The number of carbonyl (C=O) groups is 1. The molecule has 0 aliphatic carbocycles. The van der Waals surface area contributed by atoms with Crippen LogP contribution in [0.3, 0.4) is 0 Å². The maximum Gasteiger partial charge on any atom is 0.264 e. The largest absolute Gasteiger partial charge is 0.495 e. The summed E-state index contributed by atoms with van der Waals surface area (Å²) in [4.78, 5) is 13.1. The zero-order valence-electron chi connectivity index (χ0n) is 21.3. The number of nitrogens with zero attached hydrogens (tertiary/aromatic N) is 1. The van der Waals surface area contributed by atoms with Gasteiger partial charge in [-0.25, -0.2) is 8.42 Å². The lowest BCUT2D eigenvalue weighted by Gasteiger charge is -2.26. The molecule has 0 spiro atoms. The van der Waals surface area contributed by atoms with Gasteiger partial charge in [0.1, 0.15) is 12.3 Å². The number of aryl methyl sites for hydroxylation is 1. The number of amides is 1. The van der Waals surface area contributed by atoms with Gasteiger partial charge in [0.05, 0.1) is 30.9 Å². The molecule has 3 rings (SSSR count). The molecule has 0 aromatic heterocycles. The Labute approximate surface area is 223 Å². The van der Waals surface area contributed by atoms with Gasteiger partial charge in [0.25, 0.3) is 10.0 Å². The molecule has 1 N–H and O–H groups in total. The summed E-state index contributed by atoms with van der Waals surface area (Å²) in [5.41, 5.74) is 1.84. The van der Waals surface area contributed by atoms with Gasteiger partial charge in [-0.2, -0.15) is 0 Å². The van der Waals surface area contributed by atoms with Crippen molar-refractivity contribution in [2.45, 2.75) is 32.2 Å². The second-order valence-corrected chi connectivity index (χ2v) is 10.4. The smallest absolute Gasteiger partial charge is 0.264 e. The highest BCUT2D eigenvalue weighted by Gasteiger charge is 2.29. The van der Waals surface area contributed by atoms with E-state index >= 15 is 0 Å². The van der Waals surface area contributed by atoms with E-state index in [0.717, 1.165) is 15.4 Å². The zero-order chi connectivity index (χ0) is 27.0.